The maximum absolute atomic E-state index is 11.6. The fourth-order valence-electron chi connectivity index (χ4n) is 2.42. The lowest BCUT2D eigenvalue weighted by molar-refractivity contribution is -0.124. The lowest BCUT2D eigenvalue weighted by Gasteiger charge is -2.13. The number of rotatable bonds is 7. The number of hydrogen-bond donors (Lipinski definition) is 1. The normalized spacial score (nSPS) is 14.7. The highest BCUT2D eigenvalue weighted by atomic mass is 32.2. The van der Waals surface area contributed by atoms with E-state index in [9.17, 15) is 9.59 Å². The minimum absolute atomic E-state index is 0.0790. The van der Waals surface area contributed by atoms with Crippen LogP contribution in [0.4, 0.5) is 4.79 Å². The van der Waals surface area contributed by atoms with E-state index in [1.807, 2.05) is 16.7 Å². The van der Waals surface area contributed by atoms with Crippen LogP contribution in [0.25, 0.3) is 11.6 Å². The largest absolute Gasteiger partial charge is 0.461 e. The van der Waals surface area contributed by atoms with Crippen molar-refractivity contribution >= 4 is 23.7 Å². The van der Waals surface area contributed by atoms with E-state index >= 15 is 0 Å². The van der Waals surface area contributed by atoms with Crippen LogP contribution in [-0.2, 0) is 11.3 Å². The summed E-state index contributed by atoms with van der Waals surface area (Å²) in [7, 11) is 0. The smallest absolute Gasteiger partial charge is 0.324 e. The highest BCUT2D eigenvalue weighted by Crippen LogP contribution is 2.25. The van der Waals surface area contributed by atoms with Gasteiger partial charge in [0.1, 0.15) is 0 Å². The maximum Gasteiger partial charge on any atom is 0.324 e. The van der Waals surface area contributed by atoms with Gasteiger partial charge in [0.2, 0.25) is 5.91 Å². The van der Waals surface area contributed by atoms with Crippen molar-refractivity contribution in [3.63, 3.8) is 0 Å². The zero-order valence-electron chi connectivity index (χ0n) is 13.6. The molecule has 0 radical (unpaired) electrons. The lowest BCUT2D eigenvalue weighted by atomic mass is 10.2. The lowest BCUT2D eigenvalue weighted by Crippen LogP contribution is -2.32. The molecule has 0 unspecified atom stereocenters. The number of nitrogens with one attached hydrogen (secondary N) is 1. The Bertz CT molecular complexity index is 710. The number of furan rings is 1. The molecule has 128 valence electrons. The van der Waals surface area contributed by atoms with Crippen molar-refractivity contribution in [3.05, 3.63) is 18.4 Å². The Balaban J connectivity index is 1.71. The van der Waals surface area contributed by atoms with Crippen molar-refractivity contribution in [2.45, 2.75) is 25.5 Å². The van der Waals surface area contributed by atoms with Crippen LogP contribution in [0.3, 0.4) is 0 Å². The van der Waals surface area contributed by atoms with Gasteiger partial charge in [-0.15, -0.1) is 10.2 Å². The molecule has 0 aromatic carbocycles. The summed E-state index contributed by atoms with van der Waals surface area (Å²) in [6.07, 6.45) is 1.61. The summed E-state index contributed by atoms with van der Waals surface area (Å²) in [5.74, 6) is 2.14. The van der Waals surface area contributed by atoms with Crippen LogP contribution in [0.2, 0.25) is 0 Å². The van der Waals surface area contributed by atoms with E-state index < -0.39 is 0 Å². The molecule has 1 saturated heterocycles. The predicted molar refractivity (Wildman–Crippen MR) is 88.4 cm³/mol. The Morgan fingerprint density at radius 2 is 2.21 bits per heavy atom. The van der Waals surface area contributed by atoms with Crippen LogP contribution in [0, 0.1) is 5.92 Å². The molecule has 8 nitrogen and oxygen atoms in total. The second kappa shape index (κ2) is 7.08. The molecular weight excluding hydrogens is 330 g/mol. The summed E-state index contributed by atoms with van der Waals surface area (Å²) in [6, 6.07) is 3.33. The summed E-state index contributed by atoms with van der Waals surface area (Å²) in [5, 5.41) is 11.7. The van der Waals surface area contributed by atoms with Crippen LogP contribution in [0.1, 0.15) is 13.8 Å². The second-order valence-electron chi connectivity index (χ2n) is 5.84. The minimum atomic E-state index is -0.333. The predicted octanol–water partition coefficient (Wildman–Crippen LogP) is 1.84. The molecule has 1 aliphatic heterocycles. The van der Waals surface area contributed by atoms with E-state index in [2.05, 4.69) is 29.4 Å². The van der Waals surface area contributed by atoms with Crippen molar-refractivity contribution < 1.29 is 14.0 Å². The van der Waals surface area contributed by atoms with Gasteiger partial charge in [0.15, 0.2) is 16.7 Å². The standard InChI is InChI=1S/C15H19N5O3S/c1-10(2)9-20-13(11-4-3-6-23-11)17-18-15(20)24-7-5-19-12(21)8-16-14(19)22/h3-4,6,10H,5,7-9H2,1-2H3,(H,16,22). The number of hydrogen-bond acceptors (Lipinski definition) is 6. The summed E-state index contributed by atoms with van der Waals surface area (Å²) < 4.78 is 7.44. The van der Waals surface area contributed by atoms with Gasteiger partial charge in [-0.05, 0) is 18.1 Å². The van der Waals surface area contributed by atoms with Gasteiger partial charge < -0.3 is 9.73 Å². The van der Waals surface area contributed by atoms with Gasteiger partial charge in [0.25, 0.3) is 0 Å². The molecule has 3 amide bonds. The number of imide groups is 1. The van der Waals surface area contributed by atoms with Crippen molar-refractivity contribution in [1.82, 2.24) is 25.0 Å². The highest BCUT2D eigenvalue weighted by Gasteiger charge is 2.28. The Morgan fingerprint density at radius 1 is 1.38 bits per heavy atom. The van der Waals surface area contributed by atoms with Crippen LogP contribution < -0.4 is 5.32 Å². The Kier molecular flexibility index (Phi) is 4.89. The first kappa shape index (κ1) is 16.6. The molecule has 0 spiro atoms. The van der Waals surface area contributed by atoms with Crippen molar-refractivity contribution in [1.29, 1.82) is 0 Å². The number of amides is 3. The van der Waals surface area contributed by atoms with E-state index in [1.54, 1.807) is 6.26 Å². The quantitative estimate of drug-likeness (QED) is 0.605. The molecule has 2 aromatic rings. The topological polar surface area (TPSA) is 93.3 Å². The first-order chi connectivity index (χ1) is 11.6. The van der Waals surface area contributed by atoms with Gasteiger partial charge in [0, 0.05) is 18.8 Å². The van der Waals surface area contributed by atoms with Crippen LogP contribution in [0.15, 0.2) is 28.0 Å². The molecule has 9 heteroatoms. The summed E-state index contributed by atoms with van der Waals surface area (Å²) in [4.78, 5) is 24.4. The zero-order chi connectivity index (χ0) is 17.1. The highest BCUT2D eigenvalue weighted by molar-refractivity contribution is 7.99. The molecule has 1 N–H and O–H groups in total. The monoisotopic (exact) mass is 349 g/mol. The third-order valence-electron chi connectivity index (χ3n) is 3.49. The second-order valence-corrected chi connectivity index (χ2v) is 6.90. The number of aromatic nitrogens is 3. The Morgan fingerprint density at radius 3 is 2.83 bits per heavy atom. The summed E-state index contributed by atoms with van der Waals surface area (Å²) >= 11 is 1.47. The zero-order valence-corrected chi connectivity index (χ0v) is 14.4. The van der Waals surface area contributed by atoms with E-state index in [1.165, 1.54) is 16.7 Å². The van der Waals surface area contributed by atoms with Gasteiger partial charge in [0.05, 0.1) is 12.8 Å². The third-order valence-corrected chi connectivity index (χ3v) is 4.44. The Labute approximate surface area is 143 Å². The van der Waals surface area contributed by atoms with Gasteiger partial charge in [-0.25, -0.2) is 4.79 Å². The Hall–Kier alpha value is -2.29. The van der Waals surface area contributed by atoms with Crippen molar-refractivity contribution in [2.24, 2.45) is 5.92 Å². The van der Waals surface area contributed by atoms with E-state index in [-0.39, 0.29) is 18.5 Å². The molecular formula is C15H19N5O3S. The molecule has 3 heterocycles. The van der Waals surface area contributed by atoms with Crippen LogP contribution in [-0.4, -0.2) is 50.4 Å². The average Bonchev–Trinajstić information content (AvgIpc) is 3.24. The van der Waals surface area contributed by atoms with E-state index in [0.717, 1.165) is 11.7 Å². The van der Waals surface area contributed by atoms with Crippen molar-refractivity contribution in [3.8, 4) is 11.6 Å². The van der Waals surface area contributed by atoms with Crippen molar-refractivity contribution in [2.75, 3.05) is 18.8 Å². The van der Waals surface area contributed by atoms with Crippen LogP contribution in [0.5, 0.6) is 0 Å². The molecule has 1 fully saturated rings. The molecule has 0 saturated carbocycles. The number of carbonyl (C=O) groups excluding carboxylic acids is 2. The first-order valence-corrected chi connectivity index (χ1v) is 8.73. The van der Waals surface area contributed by atoms with E-state index in [0.29, 0.717) is 29.8 Å². The fraction of sp³-hybridized carbons (Fsp3) is 0.467. The molecule has 3 rings (SSSR count). The molecule has 1 aliphatic rings. The number of thioether (sulfide) groups is 1. The number of carbonyl (C=O) groups is 2. The number of nitrogens with zero attached hydrogens (tertiary/aromatic N) is 4. The summed E-state index contributed by atoms with van der Waals surface area (Å²) in [5.41, 5.74) is 0. The number of urea groups is 1. The SMILES string of the molecule is CC(C)Cn1c(SCCN2C(=O)CNC2=O)nnc1-c1ccco1. The van der Waals surface area contributed by atoms with Gasteiger partial charge in [-0.3, -0.25) is 14.3 Å². The first-order valence-electron chi connectivity index (χ1n) is 7.74. The minimum Gasteiger partial charge on any atom is -0.461 e. The molecule has 0 aliphatic carbocycles. The summed E-state index contributed by atoms with van der Waals surface area (Å²) in [6.45, 7) is 5.42. The molecule has 24 heavy (non-hydrogen) atoms. The van der Waals surface area contributed by atoms with Crippen LogP contribution >= 0.6 is 11.8 Å². The maximum atomic E-state index is 11.6. The molecule has 0 atom stereocenters. The van der Waals surface area contributed by atoms with Gasteiger partial charge in [-0.1, -0.05) is 25.6 Å². The average molecular weight is 349 g/mol. The molecule has 2 aromatic heterocycles. The third kappa shape index (κ3) is 3.45. The van der Waals surface area contributed by atoms with E-state index in [4.69, 9.17) is 4.42 Å². The van der Waals surface area contributed by atoms with Gasteiger partial charge >= 0.3 is 6.03 Å². The van der Waals surface area contributed by atoms with Gasteiger partial charge in [-0.2, -0.15) is 0 Å². The fourth-order valence-corrected chi connectivity index (χ4v) is 3.29. The molecule has 0 bridgehead atoms.